The van der Waals surface area contributed by atoms with Gasteiger partial charge in [-0.15, -0.1) is 11.3 Å². The van der Waals surface area contributed by atoms with Gasteiger partial charge < -0.3 is 20.5 Å². The smallest absolute Gasteiger partial charge is 0.312 e. The van der Waals surface area contributed by atoms with Crippen LogP contribution in [0, 0.1) is 0 Å². The van der Waals surface area contributed by atoms with Crippen LogP contribution in [0.1, 0.15) is 36.2 Å². The third-order valence-electron chi connectivity index (χ3n) is 4.28. The van der Waals surface area contributed by atoms with Crippen LogP contribution in [-0.2, 0) is 4.79 Å². The number of carbonyl (C=O) groups excluding carboxylic acids is 2. The molecular weight excluding hydrogens is 326 g/mol. The van der Waals surface area contributed by atoms with E-state index in [9.17, 15) is 9.59 Å². The van der Waals surface area contributed by atoms with E-state index in [-0.39, 0.29) is 24.4 Å². The number of imidazole rings is 1. The van der Waals surface area contributed by atoms with E-state index in [1.165, 1.54) is 11.3 Å². The largest absolute Gasteiger partial charge is 0.352 e. The summed E-state index contributed by atoms with van der Waals surface area (Å²) in [5.74, 6) is 0.0342. The number of urea groups is 1. The molecule has 0 radical (unpaired) electrons. The number of carbonyl (C=O) groups is 2. The van der Waals surface area contributed by atoms with Crippen LogP contribution in [0.5, 0.6) is 0 Å². The predicted octanol–water partition coefficient (Wildman–Crippen LogP) is 1.91. The summed E-state index contributed by atoms with van der Waals surface area (Å²) in [7, 11) is 0. The zero-order chi connectivity index (χ0) is 16.9. The summed E-state index contributed by atoms with van der Waals surface area (Å²) < 4.78 is 2.05. The molecular formula is C16H21N5O2S. The Kier molecular flexibility index (Phi) is 5.14. The topological polar surface area (TPSA) is 93.2 Å². The van der Waals surface area contributed by atoms with Crippen LogP contribution in [0.25, 0.3) is 0 Å². The molecule has 3 N–H and O–H groups in total. The Bertz CT molecular complexity index is 671. The Balaban J connectivity index is 1.65. The van der Waals surface area contributed by atoms with Crippen molar-refractivity contribution in [3.8, 4) is 0 Å². The van der Waals surface area contributed by atoms with Crippen LogP contribution in [0.3, 0.4) is 0 Å². The van der Waals surface area contributed by atoms with E-state index in [2.05, 4.69) is 14.9 Å². The van der Waals surface area contributed by atoms with Crippen molar-refractivity contribution in [3.63, 3.8) is 0 Å². The highest BCUT2D eigenvalue weighted by molar-refractivity contribution is 7.10. The maximum absolute atomic E-state index is 12.7. The van der Waals surface area contributed by atoms with Gasteiger partial charge in [-0.2, -0.15) is 0 Å². The fourth-order valence-corrected chi connectivity index (χ4v) is 3.88. The Labute approximate surface area is 144 Å². The quantitative estimate of drug-likeness (QED) is 0.865. The van der Waals surface area contributed by atoms with Crippen LogP contribution >= 0.6 is 11.3 Å². The number of hydrogen-bond donors (Lipinski definition) is 2. The lowest BCUT2D eigenvalue weighted by Crippen LogP contribution is -2.43. The van der Waals surface area contributed by atoms with E-state index in [4.69, 9.17) is 5.73 Å². The lowest BCUT2D eigenvalue weighted by Gasteiger charge is -2.34. The molecule has 3 rings (SSSR count). The summed E-state index contributed by atoms with van der Waals surface area (Å²) in [6.07, 6.45) is 7.70. The number of nitrogens with one attached hydrogen (secondary N) is 1. The lowest BCUT2D eigenvalue weighted by molar-refractivity contribution is -0.133. The molecule has 24 heavy (non-hydrogen) atoms. The molecule has 128 valence electrons. The highest BCUT2D eigenvalue weighted by atomic mass is 32.1. The number of piperidine rings is 1. The second-order valence-corrected chi connectivity index (χ2v) is 6.91. The molecule has 0 aliphatic carbocycles. The van der Waals surface area contributed by atoms with Crippen molar-refractivity contribution in [2.75, 3.05) is 13.1 Å². The minimum atomic E-state index is -0.615. The number of amides is 3. The minimum Gasteiger partial charge on any atom is -0.352 e. The van der Waals surface area contributed by atoms with Gasteiger partial charge in [-0.05, 0) is 24.3 Å². The first-order valence-corrected chi connectivity index (χ1v) is 8.86. The van der Waals surface area contributed by atoms with E-state index >= 15 is 0 Å². The van der Waals surface area contributed by atoms with E-state index in [1.54, 1.807) is 12.5 Å². The highest BCUT2D eigenvalue weighted by Crippen LogP contribution is 2.26. The summed E-state index contributed by atoms with van der Waals surface area (Å²) in [4.78, 5) is 30.9. The molecule has 3 amide bonds. The number of nitrogens with two attached hydrogens (primary N) is 1. The number of thiophene rings is 1. The second kappa shape index (κ2) is 7.48. The average Bonchev–Trinajstić information content (AvgIpc) is 3.27. The zero-order valence-corrected chi connectivity index (χ0v) is 14.1. The molecule has 0 spiro atoms. The van der Waals surface area contributed by atoms with Crippen molar-refractivity contribution in [3.05, 3.63) is 41.1 Å². The van der Waals surface area contributed by atoms with Gasteiger partial charge in [0.15, 0.2) is 0 Å². The third-order valence-corrected chi connectivity index (χ3v) is 5.26. The fourth-order valence-electron chi connectivity index (χ4n) is 3.10. The van der Waals surface area contributed by atoms with Gasteiger partial charge in [-0.3, -0.25) is 4.79 Å². The lowest BCUT2D eigenvalue weighted by atomic mass is 10.0. The Morgan fingerprint density at radius 3 is 3.04 bits per heavy atom. The highest BCUT2D eigenvalue weighted by Gasteiger charge is 2.27. The molecule has 1 fully saturated rings. The van der Waals surface area contributed by atoms with Crippen molar-refractivity contribution >= 4 is 23.3 Å². The SMILES string of the molecule is NC(=O)NC(CC(=O)N1CCCC(n2ccnc2)C1)c1cccs1. The molecule has 0 bridgehead atoms. The second-order valence-electron chi connectivity index (χ2n) is 5.93. The van der Waals surface area contributed by atoms with Crippen LogP contribution in [0.2, 0.25) is 0 Å². The maximum Gasteiger partial charge on any atom is 0.312 e. The van der Waals surface area contributed by atoms with E-state index < -0.39 is 6.03 Å². The van der Waals surface area contributed by atoms with Gasteiger partial charge in [0.2, 0.25) is 5.91 Å². The number of likely N-dealkylation sites (tertiary alicyclic amines) is 1. The summed E-state index contributed by atoms with van der Waals surface area (Å²) in [5, 5.41) is 4.60. The molecule has 3 heterocycles. The fraction of sp³-hybridized carbons (Fsp3) is 0.438. The first-order chi connectivity index (χ1) is 11.6. The first-order valence-electron chi connectivity index (χ1n) is 7.98. The van der Waals surface area contributed by atoms with Gasteiger partial charge in [-0.1, -0.05) is 6.07 Å². The van der Waals surface area contributed by atoms with Gasteiger partial charge in [0.05, 0.1) is 24.8 Å². The zero-order valence-electron chi connectivity index (χ0n) is 13.3. The standard InChI is InChI=1S/C16H21N5O2S/c17-16(23)19-13(14-4-2-8-24-14)9-15(22)20-6-1-3-12(10-20)21-7-5-18-11-21/h2,4-5,7-8,11-13H,1,3,6,9-10H2,(H3,17,19,23). The minimum absolute atomic E-state index is 0.0342. The van der Waals surface area contributed by atoms with Crippen molar-refractivity contribution in [2.45, 2.75) is 31.3 Å². The maximum atomic E-state index is 12.7. The molecule has 1 aliphatic rings. The normalized spacial score (nSPS) is 19.0. The molecule has 2 aromatic rings. The molecule has 1 saturated heterocycles. The molecule has 8 heteroatoms. The van der Waals surface area contributed by atoms with Crippen molar-refractivity contribution in [2.24, 2.45) is 5.73 Å². The van der Waals surface area contributed by atoms with E-state index in [1.807, 2.05) is 28.6 Å². The van der Waals surface area contributed by atoms with Gasteiger partial charge in [0.1, 0.15) is 0 Å². The molecule has 2 aromatic heterocycles. The monoisotopic (exact) mass is 347 g/mol. The van der Waals surface area contributed by atoms with Crippen LogP contribution < -0.4 is 11.1 Å². The third kappa shape index (κ3) is 3.94. The predicted molar refractivity (Wildman–Crippen MR) is 91.5 cm³/mol. The van der Waals surface area contributed by atoms with E-state index in [0.717, 1.165) is 24.3 Å². The van der Waals surface area contributed by atoms with Crippen LogP contribution in [0.4, 0.5) is 4.79 Å². The summed E-state index contributed by atoms with van der Waals surface area (Å²) >= 11 is 1.51. The van der Waals surface area contributed by atoms with Crippen molar-refractivity contribution < 1.29 is 9.59 Å². The van der Waals surface area contributed by atoms with Gasteiger partial charge >= 0.3 is 6.03 Å². The molecule has 0 saturated carbocycles. The van der Waals surface area contributed by atoms with Crippen LogP contribution in [0.15, 0.2) is 36.2 Å². The number of rotatable bonds is 5. The molecule has 7 nitrogen and oxygen atoms in total. The molecule has 2 atom stereocenters. The average molecular weight is 347 g/mol. The van der Waals surface area contributed by atoms with Crippen molar-refractivity contribution in [1.29, 1.82) is 0 Å². The van der Waals surface area contributed by atoms with Gasteiger partial charge in [0.25, 0.3) is 0 Å². The number of hydrogen-bond acceptors (Lipinski definition) is 4. The number of nitrogens with zero attached hydrogens (tertiary/aromatic N) is 3. The molecule has 2 unspecified atom stereocenters. The number of aromatic nitrogens is 2. The Morgan fingerprint density at radius 2 is 2.38 bits per heavy atom. The molecule has 1 aliphatic heterocycles. The Morgan fingerprint density at radius 1 is 1.50 bits per heavy atom. The first kappa shape index (κ1) is 16.5. The van der Waals surface area contributed by atoms with Gasteiger partial charge in [0, 0.05) is 30.4 Å². The molecule has 0 aromatic carbocycles. The van der Waals surface area contributed by atoms with E-state index in [0.29, 0.717) is 6.54 Å². The van der Waals surface area contributed by atoms with Crippen LogP contribution in [-0.4, -0.2) is 39.5 Å². The summed E-state index contributed by atoms with van der Waals surface area (Å²) in [6, 6.07) is 3.08. The Hall–Kier alpha value is -2.35. The number of primary amides is 1. The van der Waals surface area contributed by atoms with Crippen molar-refractivity contribution in [1.82, 2.24) is 19.8 Å². The summed E-state index contributed by atoms with van der Waals surface area (Å²) in [6.45, 7) is 1.42. The van der Waals surface area contributed by atoms with Gasteiger partial charge in [-0.25, -0.2) is 9.78 Å². The summed E-state index contributed by atoms with van der Waals surface area (Å²) in [5.41, 5.74) is 5.26.